The van der Waals surface area contributed by atoms with E-state index in [2.05, 4.69) is 49.2 Å². The molecule has 1 fully saturated rings. The predicted molar refractivity (Wildman–Crippen MR) is 110 cm³/mol. The fourth-order valence-corrected chi connectivity index (χ4v) is 3.66. The van der Waals surface area contributed by atoms with Crippen molar-refractivity contribution in [2.45, 2.75) is 32.6 Å². The van der Waals surface area contributed by atoms with Crippen molar-refractivity contribution in [2.75, 3.05) is 13.1 Å². The molecule has 0 atom stereocenters. The van der Waals surface area contributed by atoms with E-state index < -0.39 is 0 Å². The Hall–Kier alpha value is -2.88. The minimum Gasteiger partial charge on any atom is -0.342 e. The standard InChI is InChI=1S/C23H25N3O/c1-16-3-6-18(7-4-16)8-10-22(27)26-13-11-19(12-14-26)23-24-20-9-5-17(2)15-21(20)25-23/h3-10,15,19H,11-14H2,1-2H3,(H,24,25)/b10-8+. The van der Waals surface area contributed by atoms with E-state index in [1.165, 1.54) is 11.1 Å². The lowest BCUT2D eigenvalue weighted by molar-refractivity contribution is -0.127. The SMILES string of the molecule is Cc1ccc(/C=C/C(=O)N2CCC(c3nc4ccc(C)cc4[nH]3)CC2)cc1. The van der Waals surface area contributed by atoms with E-state index in [1.54, 1.807) is 6.08 Å². The second-order valence-corrected chi connectivity index (χ2v) is 7.49. The van der Waals surface area contributed by atoms with Gasteiger partial charge in [-0.15, -0.1) is 0 Å². The Morgan fingerprint density at radius 1 is 1.07 bits per heavy atom. The number of aromatic amines is 1. The van der Waals surface area contributed by atoms with Crippen molar-refractivity contribution in [3.63, 3.8) is 0 Å². The number of carbonyl (C=O) groups is 1. The first kappa shape index (κ1) is 17.5. The van der Waals surface area contributed by atoms with Gasteiger partial charge in [0.25, 0.3) is 0 Å². The third kappa shape index (κ3) is 3.95. The van der Waals surface area contributed by atoms with Crippen LogP contribution >= 0.6 is 0 Å². The van der Waals surface area contributed by atoms with Crippen LogP contribution in [0, 0.1) is 13.8 Å². The fourth-order valence-electron chi connectivity index (χ4n) is 3.66. The zero-order valence-electron chi connectivity index (χ0n) is 15.9. The van der Waals surface area contributed by atoms with Gasteiger partial charge in [-0.1, -0.05) is 35.9 Å². The number of carbonyl (C=O) groups excluding carboxylic acids is 1. The molecule has 1 amide bonds. The van der Waals surface area contributed by atoms with E-state index in [4.69, 9.17) is 4.98 Å². The fraction of sp³-hybridized carbons (Fsp3) is 0.304. The zero-order chi connectivity index (χ0) is 18.8. The highest BCUT2D eigenvalue weighted by atomic mass is 16.2. The molecule has 1 aromatic heterocycles. The second-order valence-electron chi connectivity index (χ2n) is 7.49. The van der Waals surface area contributed by atoms with Crippen molar-refractivity contribution in [3.05, 3.63) is 71.1 Å². The van der Waals surface area contributed by atoms with Crippen molar-refractivity contribution in [1.29, 1.82) is 0 Å². The van der Waals surface area contributed by atoms with Crippen molar-refractivity contribution in [2.24, 2.45) is 0 Å². The number of imidazole rings is 1. The molecule has 0 spiro atoms. The van der Waals surface area contributed by atoms with Crippen LogP contribution in [0.5, 0.6) is 0 Å². The molecule has 1 aliphatic rings. The average Bonchev–Trinajstić information content (AvgIpc) is 3.10. The lowest BCUT2D eigenvalue weighted by atomic mass is 9.96. The molecular formula is C23H25N3O. The normalized spacial score (nSPS) is 15.7. The summed E-state index contributed by atoms with van der Waals surface area (Å²) in [5.74, 6) is 1.54. The van der Waals surface area contributed by atoms with Crippen molar-refractivity contribution >= 4 is 23.0 Å². The number of H-pyrrole nitrogens is 1. The van der Waals surface area contributed by atoms with E-state index in [0.717, 1.165) is 48.4 Å². The van der Waals surface area contributed by atoms with Crippen LogP contribution in [-0.2, 0) is 4.79 Å². The monoisotopic (exact) mass is 359 g/mol. The van der Waals surface area contributed by atoms with Crippen molar-refractivity contribution < 1.29 is 4.79 Å². The molecule has 138 valence electrons. The van der Waals surface area contributed by atoms with Gasteiger partial charge in [-0.25, -0.2) is 4.98 Å². The number of hydrogen-bond donors (Lipinski definition) is 1. The van der Waals surface area contributed by atoms with Gasteiger partial charge in [0.2, 0.25) is 5.91 Å². The van der Waals surface area contributed by atoms with Crippen LogP contribution in [0.3, 0.4) is 0 Å². The first-order valence-electron chi connectivity index (χ1n) is 9.58. The summed E-state index contributed by atoms with van der Waals surface area (Å²) >= 11 is 0. The van der Waals surface area contributed by atoms with Crippen LogP contribution in [0.15, 0.2) is 48.5 Å². The van der Waals surface area contributed by atoms with Gasteiger partial charge in [0.15, 0.2) is 0 Å². The van der Waals surface area contributed by atoms with Crippen molar-refractivity contribution in [3.8, 4) is 0 Å². The molecule has 1 N–H and O–H groups in total. The van der Waals surface area contributed by atoms with Gasteiger partial charge >= 0.3 is 0 Å². The van der Waals surface area contributed by atoms with Gasteiger partial charge in [-0.05, 0) is 56.0 Å². The van der Waals surface area contributed by atoms with Gasteiger partial charge in [-0.3, -0.25) is 4.79 Å². The highest BCUT2D eigenvalue weighted by Gasteiger charge is 2.24. The van der Waals surface area contributed by atoms with Crippen LogP contribution in [-0.4, -0.2) is 33.9 Å². The summed E-state index contributed by atoms with van der Waals surface area (Å²) in [4.78, 5) is 22.6. The van der Waals surface area contributed by atoms with Crippen LogP contribution in [0.2, 0.25) is 0 Å². The summed E-state index contributed by atoms with van der Waals surface area (Å²) < 4.78 is 0. The molecule has 4 rings (SSSR count). The predicted octanol–water partition coefficient (Wildman–Crippen LogP) is 4.60. The Balaban J connectivity index is 1.37. The highest BCUT2D eigenvalue weighted by Crippen LogP contribution is 2.28. The minimum atomic E-state index is 0.0919. The summed E-state index contributed by atoms with van der Waals surface area (Å²) in [6, 6.07) is 14.5. The number of aromatic nitrogens is 2. The molecule has 1 saturated heterocycles. The molecule has 0 bridgehead atoms. The quantitative estimate of drug-likeness (QED) is 0.695. The molecule has 3 aromatic rings. The number of hydrogen-bond acceptors (Lipinski definition) is 2. The maximum Gasteiger partial charge on any atom is 0.246 e. The number of likely N-dealkylation sites (tertiary alicyclic amines) is 1. The Morgan fingerprint density at radius 2 is 1.78 bits per heavy atom. The summed E-state index contributed by atoms with van der Waals surface area (Å²) in [5.41, 5.74) is 5.64. The number of piperidine rings is 1. The summed E-state index contributed by atoms with van der Waals surface area (Å²) in [6.07, 6.45) is 5.48. The van der Waals surface area contributed by atoms with Gasteiger partial charge in [0.1, 0.15) is 5.82 Å². The van der Waals surface area contributed by atoms with E-state index in [-0.39, 0.29) is 5.91 Å². The number of benzene rings is 2. The maximum atomic E-state index is 12.5. The molecule has 27 heavy (non-hydrogen) atoms. The molecule has 2 aromatic carbocycles. The smallest absolute Gasteiger partial charge is 0.246 e. The van der Waals surface area contributed by atoms with Crippen LogP contribution in [0.1, 0.15) is 41.3 Å². The number of rotatable bonds is 3. The van der Waals surface area contributed by atoms with Gasteiger partial charge in [0, 0.05) is 25.1 Å². The number of aryl methyl sites for hydroxylation is 2. The zero-order valence-corrected chi connectivity index (χ0v) is 15.9. The minimum absolute atomic E-state index is 0.0919. The van der Waals surface area contributed by atoms with Gasteiger partial charge in [-0.2, -0.15) is 0 Å². The first-order valence-corrected chi connectivity index (χ1v) is 9.58. The van der Waals surface area contributed by atoms with E-state index >= 15 is 0 Å². The maximum absolute atomic E-state index is 12.5. The van der Waals surface area contributed by atoms with Crippen molar-refractivity contribution in [1.82, 2.24) is 14.9 Å². The van der Waals surface area contributed by atoms with E-state index in [0.29, 0.717) is 5.92 Å². The molecule has 1 aliphatic heterocycles. The molecule has 0 radical (unpaired) electrons. The molecule has 0 saturated carbocycles. The van der Waals surface area contributed by atoms with E-state index in [1.807, 2.05) is 23.1 Å². The Bertz CT molecular complexity index is 977. The number of amides is 1. The van der Waals surface area contributed by atoms with Crippen LogP contribution in [0.25, 0.3) is 17.1 Å². The number of nitrogens with zero attached hydrogens (tertiary/aromatic N) is 2. The number of fused-ring (bicyclic) bond motifs is 1. The molecule has 0 aliphatic carbocycles. The third-order valence-corrected chi connectivity index (χ3v) is 5.34. The number of nitrogens with one attached hydrogen (secondary N) is 1. The second kappa shape index (κ2) is 7.39. The topological polar surface area (TPSA) is 49.0 Å². The lowest BCUT2D eigenvalue weighted by Crippen LogP contribution is -2.37. The first-order chi connectivity index (χ1) is 13.1. The highest BCUT2D eigenvalue weighted by molar-refractivity contribution is 5.91. The molecule has 2 heterocycles. The molecular weight excluding hydrogens is 334 g/mol. The van der Waals surface area contributed by atoms with Crippen LogP contribution in [0.4, 0.5) is 0 Å². The van der Waals surface area contributed by atoms with Gasteiger partial charge in [0.05, 0.1) is 11.0 Å². The third-order valence-electron chi connectivity index (χ3n) is 5.34. The summed E-state index contributed by atoms with van der Waals surface area (Å²) in [7, 11) is 0. The Morgan fingerprint density at radius 3 is 2.52 bits per heavy atom. The lowest BCUT2D eigenvalue weighted by Gasteiger charge is -2.30. The molecule has 4 nitrogen and oxygen atoms in total. The van der Waals surface area contributed by atoms with E-state index in [9.17, 15) is 4.79 Å². The molecule has 4 heteroatoms. The van der Waals surface area contributed by atoms with Gasteiger partial charge < -0.3 is 9.88 Å². The largest absolute Gasteiger partial charge is 0.342 e. The average molecular weight is 359 g/mol. The summed E-state index contributed by atoms with van der Waals surface area (Å²) in [5, 5.41) is 0. The Labute approximate surface area is 159 Å². The molecule has 0 unspecified atom stereocenters. The summed E-state index contributed by atoms with van der Waals surface area (Å²) in [6.45, 7) is 5.70. The Kier molecular flexibility index (Phi) is 4.80. The van der Waals surface area contributed by atoms with Crippen LogP contribution < -0.4 is 0 Å².